The van der Waals surface area contributed by atoms with Crippen LogP contribution in [0, 0.1) is 0 Å². The molecule has 1 aromatic rings. The van der Waals surface area contributed by atoms with Gasteiger partial charge in [-0.2, -0.15) is 0 Å². The smallest absolute Gasteiger partial charge is 0.320 e. The molecule has 0 atom stereocenters. The third-order valence-corrected chi connectivity index (χ3v) is 1.95. The van der Waals surface area contributed by atoms with Crippen molar-refractivity contribution >= 4 is 42.9 Å². The summed E-state index contributed by atoms with van der Waals surface area (Å²) in [5, 5.41) is 0. The van der Waals surface area contributed by atoms with Crippen molar-refractivity contribution in [1.82, 2.24) is 4.90 Å². The van der Waals surface area contributed by atoms with Crippen LogP contribution in [-0.2, 0) is 6.54 Å². The molecule has 1 aliphatic rings. The van der Waals surface area contributed by atoms with Gasteiger partial charge in [0.1, 0.15) is 0 Å². The first-order chi connectivity index (χ1) is 6.27. The standard InChI is InChI=1S/C9H9N3O.2ClH/c10-9(13)12-5-7-3-1-2-4-8(7)11-6-12;;/h1-4,6H,5H2,(H2,10,13);2*1H. The predicted octanol–water partition coefficient (Wildman–Crippen LogP) is 2.08. The zero-order chi connectivity index (χ0) is 9.26. The van der Waals surface area contributed by atoms with E-state index in [1.165, 1.54) is 11.2 Å². The molecule has 6 heteroatoms. The molecule has 0 aliphatic carbocycles. The number of urea groups is 1. The molecule has 2 rings (SSSR count). The lowest BCUT2D eigenvalue weighted by molar-refractivity contribution is 0.229. The van der Waals surface area contributed by atoms with Crippen LogP contribution >= 0.6 is 24.8 Å². The van der Waals surface area contributed by atoms with E-state index in [9.17, 15) is 4.79 Å². The van der Waals surface area contributed by atoms with Gasteiger partial charge in [0, 0.05) is 0 Å². The topological polar surface area (TPSA) is 58.7 Å². The summed E-state index contributed by atoms with van der Waals surface area (Å²) >= 11 is 0. The highest BCUT2D eigenvalue weighted by molar-refractivity contribution is 5.87. The van der Waals surface area contributed by atoms with Gasteiger partial charge < -0.3 is 5.73 Å². The Kier molecular flexibility index (Phi) is 5.11. The Balaban J connectivity index is 0.000000980. The average molecular weight is 248 g/mol. The SMILES string of the molecule is Cl.Cl.NC(=O)N1C=Nc2ccccc2C1. The number of nitrogens with two attached hydrogens (primary N) is 1. The van der Waals surface area contributed by atoms with Gasteiger partial charge in [0.25, 0.3) is 0 Å². The summed E-state index contributed by atoms with van der Waals surface area (Å²) in [7, 11) is 0. The molecule has 0 saturated carbocycles. The first kappa shape index (κ1) is 13.7. The molecule has 0 fully saturated rings. The fraction of sp³-hybridized carbons (Fsp3) is 0.111. The minimum absolute atomic E-state index is 0. The van der Waals surface area contributed by atoms with Gasteiger partial charge in [-0.3, -0.25) is 4.90 Å². The third-order valence-electron chi connectivity index (χ3n) is 1.95. The maximum atomic E-state index is 10.8. The van der Waals surface area contributed by atoms with E-state index in [1.807, 2.05) is 24.3 Å². The lowest BCUT2D eigenvalue weighted by Crippen LogP contribution is -2.35. The number of para-hydroxylation sites is 1. The second-order valence-electron chi connectivity index (χ2n) is 2.84. The van der Waals surface area contributed by atoms with Crippen molar-refractivity contribution in [3.63, 3.8) is 0 Å². The highest BCUT2D eigenvalue weighted by atomic mass is 35.5. The van der Waals surface area contributed by atoms with Crippen molar-refractivity contribution in [3.05, 3.63) is 29.8 Å². The van der Waals surface area contributed by atoms with Crippen LogP contribution in [0.25, 0.3) is 0 Å². The number of benzene rings is 1. The minimum atomic E-state index is -0.474. The number of amides is 2. The molecule has 0 unspecified atom stereocenters. The minimum Gasteiger partial charge on any atom is -0.351 e. The predicted molar refractivity (Wildman–Crippen MR) is 64.2 cm³/mol. The van der Waals surface area contributed by atoms with E-state index in [0.717, 1.165) is 11.3 Å². The fourth-order valence-corrected chi connectivity index (χ4v) is 1.26. The molecule has 0 bridgehead atoms. The Bertz CT molecular complexity index is 381. The Labute approximate surface area is 100.0 Å². The molecule has 1 aromatic carbocycles. The van der Waals surface area contributed by atoms with Gasteiger partial charge in [0.2, 0.25) is 0 Å². The molecular formula is C9H11Cl2N3O. The number of nitrogens with zero attached hydrogens (tertiary/aromatic N) is 2. The number of hydrogen-bond acceptors (Lipinski definition) is 2. The summed E-state index contributed by atoms with van der Waals surface area (Å²) in [6.07, 6.45) is 1.46. The number of halogens is 2. The molecule has 4 nitrogen and oxygen atoms in total. The van der Waals surface area contributed by atoms with Crippen LogP contribution in [0.5, 0.6) is 0 Å². The van der Waals surface area contributed by atoms with Crippen LogP contribution in [0.1, 0.15) is 5.56 Å². The maximum Gasteiger partial charge on any atom is 0.320 e. The number of carbonyl (C=O) groups excluding carboxylic acids is 1. The van der Waals surface area contributed by atoms with E-state index in [1.54, 1.807) is 0 Å². The van der Waals surface area contributed by atoms with Gasteiger partial charge in [-0.05, 0) is 11.6 Å². The van der Waals surface area contributed by atoms with Crippen molar-refractivity contribution < 1.29 is 4.79 Å². The van der Waals surface area contributed by atoms with Gasteiger partial charge in [-0.25, -0.2) is 9.79 Å². The van der Waals surface area contributed by atoms with Crippen molar-refractivity contribution in [2.45, 2.75) is 6.54 Å². The first-order valence-corrected chi connectivity index (χ1v) is 3.95. The maximum absolute atomic E-state index is 10.8. The van der Waals surface area contributed by atoms with Gasteiger partial charge in [-0.15, -0.1) is 24.8 Å². The molecule has 15 heavy (non-hydrogen) atoms. The Hall–Kier alpha value is -1.26. The zero-order valence-electron chi connectivity index (χ0n) is 7.79. The molecule has 0 aromatic heterocycles. The van der Waals surface area contributed by atoms with E-state index in [-0.39, 0.29) is 24.8 Å². The summed E-state index contributed by atoms with van der Waals surface area (Å²) < 4.78 is 0. The number of rotatable bonds is 0. The normalized spacial score (nSPS) is 12.1. The Morgan fingerprint density at radius 2 is 2.00 bits per heavy atom. The second-order valence-corrected chi connectivity index (χ2v) is 2.84. The Morgan fingerprint density at radius 1 is 1.33 bits per heavy atom. The average Bonchev–Trinajstić information content (AvgIpc) is 2.17. The summed E-state index contributed by atoms with van der Waals surface area (Å²) in [5.41, 5.74) is 7.04. The molecule has 0 saturated heterocycles. The lowest BCUT2D eigenvalue weighted by Gasteiger charge is -2.19. The van der Waals surface area contributed by atoms with Crippen molar-refractivity contribution in [2.24, 2.45) is 10.7 Å². The second kappa shape index (κ2) is 5.58. The molecule has 82 valence electrons. The molecule has 1 aliphatic heterocycles. The Morgan fingerprint density at radius 3 is 2.67 bits per heavy atom. The van der Waals surface area contributed by atoms with Gasteiger partial charge >= 0.3 is 6.03 Å². The molecule has 0 spiro atoms. The van der Waals surface area contributed by atoms with E-state index in [4.69, 9.17) is 5.73 Å². The number of primary amides is 1. The van der Waals surface area contributed by atoms with Crippen LogP contribution in [0.3, 0.4) is 0 Å². The molecule has 2 amide bonds. The van der Waals surface area contributed by atoms with E-state index >= 15 is 0 Å². The van der Waals surface area contributed by atoms with Crippen molar-refractivity contribution in [2.75, 3.05) is 0 Å². The van der Waals surface area contributed by atoms with Gasteiger partial charge in [0.05, 0.1) is 18.6 Å². The van der Waals surface area contributed by atoms with E-state index in [0.29, 0.717) is 6.54 Å². The van der Waals surface area contributed by atoms with Crippen LogP contribution in [0.15, 0.2) is 29.3 Å². The number of carbonyl (C=O) groups is 1. The monoisotopic (exact) mass is 247 g/mol. The third kappa shape index (κ3) is 2.84. The highest BCUT2D eigenvalue weighted by Crippen LogP contribution is 2.22. The quantitative estimate of drug-likeness (QED) is 0.750. The van der Waals surface area contributed by atoms with E-state index in [2.05, 4.69) is 4.99 Å². The highest BCUT2D eigenvalue weighted by Gasteiger charge is 2.13. The largest absolute Gasteiger partial charge is 0.351 e. The molecule has 2 N–H and O–H groups in total. The van der Waals surface area contributed by atoms with Crippen LogP contribution in [-0.4, -0.2) is 17.3 Å². The van der Waals surface area contributed by atoms with Crippen molar-refractivity contribution in [3.8, 4) is 0 Å². The van der Waals surface area contributed by atoms with Gasteiger partial charge in [-0.1, -0.05) is 18.2 Å². The fourth-order valence-electron chi connectivity index (χ4n) is 1.26. The summed E-state index contributed by atoms with van der Waals surface area (Å²) in [4.78, 5) is 16.3. The lowest BCUT2D eigenvalue weighted by atomic mass is 10.1. The number of hydrogen-bond donors (Lipinski definition) is 1. The van der Waals surface area contributed by atoms with Crippen molar-refractivity contribution in [1.29, 1.82) is 0 Å². The summed E-state index contributed by atoms with van der Waals surface area (Å²) in [6, 6.07) is 7.19. The molecule has 1 heterocycles. The summed E-state index contributed by atoms with van der Waals surface area (Å²) in [5.74, 6) is 0. The molecule has 0 radical (unpaired) electrons. The van der Waals surface area contributed by atoms with Crippen LogP contribution < -0.4 is 5.73 Å². The first-order valence-electron chi connectivity index (χ1n) is 3.95. The number of aliphatic imine (C=N–C) groups is 1. The number of fused-ring (bicyclic) bond motifs is 1. The van der Waals surface area contributed by atoms with Crippen LogP contribution in [0.2, 0.25) is 0 Å². The van der Waals surface area contributed by atoms with Gasteiger partial charge in [0.15, 0.2) is 0 Å². The van der Waals surface area contributed by atoms with Crippen LogP contribution in [0.4, 0.5) is 10.5 Å². The zero-order valence-corrected chi connectivity index (χ0v) is 9.42. The molecular weight excluding hydrogens is 237 g/mol. The summed E-state index contributed by atoms with van der Waals surface area (Å²) in [6.45, 7) is 0.509. The van der Waals surface area contributed by atoms with E-state index < -0.39 is 6.03 Å².